The summed E-state index contributed by atoms with van der Waals surface area (Å²) in [4.78, 5) is 18.9. The number of ether oxygens (including phenoxy) is 1. The molecule has 7 nitrogen and oxygen atoms in total. The number of nitrogens with one attached hydrogen (secondary N) is 1. The first-order chi connectivity index (χ1) is 14.1. The van der Waals surface area contributed by atoms with Crippen LogP contribution in [0.5, 0.6) is 5.75 Å². The minimum atomic E-state index is -0.909. The largest absolute Gasteiger partial charge is 0.490 e. The molecule has 1 aliphatic rings. The summed E-state index contributed by atoms with van der Waals surface area (Å²) in [7, 11) is 0. The Morgan fingerprint density at radius 2 is 1.86 bits per heavy atom. The molecule has 7 heteroatoms. The number of H-pyrrole nitrogens is 1. The van der Waals surface area contributed by atoms with Crippen LogP contribution in [0.2, 0.25) is 0 Å². The van der Waals surface area contributed by atoms with Gasteiger partial charge in [-0.3, -0.25) is 4.90 Å². The molecule has 3 aromatic rings. The van der Waals surface area contributed by atoms with E-state index in [1.165, 1.54) is 0 Å². The molecule has 1 saturated heterocycles. The highest BCUT2D eigenvalue weighted by molar-refractivity contribution is 5.94. The standard InChI is InChI=1S/C22H25N3O4/c26-16(15-29-21-7-3-5-19-17(21)8-9-23-19)14-24-10-12-25(13-11-24)20-6-2-1-4-18(20)22(27)28/h1-9,16,23,26H,10-15H2,(H,27,28). The predicted octanol–water partition coefficient (Wildman–Crippen LogP) is 2.43. The number of benzene rings is 2. The highest BCUT2D eigenvalue weighted by Gasteiger charge is 2.22. The maximum Gasteiger partial charge on any atom is 0.337 e. The van der Waals surface area contributed by atoms with Gasteiger partial charge in [0.1, 0.15) is 18.5 Å². The van der Waals surface area contributed by atoms with Gasteiger partial charge in [-0.15, -0.1) is 0 Å². The zero-order valence-corrected chi connectivity index (χ0v) is 16.1. The lowest BCUT2D eigenvalue weighted by Gasteiger charge is -2.37. The maximum atomic E-state index is 11.4. The molecule has 152 valence electrons. The molecule has 0 spiro atoms. The number of aromatic carboxylic acids is 1. The monoisotopic (exact) mass is 395 g/mol. The van der Waals surface area contributed by atoms with E-state index in [1.807, 2.05) is 42.6 Å². The van der Waals surface area contributed by atoms with Crippen LogP contribution >= 0.6 is 0 Å². The van der Waals surface area contributed by atoms with Crippen LogP contribution in [-0.2, 0) is 0 Å². The number of carboxylic acid groups (broad SMARTS) is 1. The second-order valence-corrected chi connectivity index (χ2v) is 7.27. The van der Waals surface area contributed by atoms with E-state index in [0.29, 0.717) is 12.1 Å². The lowest BCUT2D eigenvalue weighted by atomic mass is 10.1. The Hall–Kier alpha value is -3.03. The van der Waals surface area contributed by atoms with E-state index in [-0.39, 0.29) is 6.61 Å². The molecular formula is C22H25N3O4. The third-order valence-corrected chi connectivity index (χ3v) is 5.30. The summed E-state index contributed by atoms with van der Waals surface area (Å²) in [5.74, 6) is -0.147. The van der Waals surface area contributed by atoms with E-state index < -0.39 is 12.1 Å². The summed E-state index contributed by atoms with van der Waals surface area (Å²) in [5, 5.41) is 20.8. The number of piperazine rings is 1. The first-order valence-electron chi connectivity index (χ1n) is 9.78. The van der Waals surface area contributed by atoms with Crippen LogP contribution in [0.15, 0.2) is 54.7 Å². The number of nitrogens with zero attached hydrogens (tertiary/aromatic N) is 2. The van der Waals surface area contributed by atoms with Crippen LogP contribution in [0.4, 0.5) is 5.69 Å². The highest BCUT2D eigenvalue weighted by Crippen LogP contribution is 2.25. The van der Waals surface area contributed by atoms with Crippen molar-refractivity contribution in [1.82, 2.24) is 9.88 Å². The van der Waals surface area contributed by atoms with Gasteiger partial charge in [0.05, 0.1) is 11.3 Å². The molecule has 29 heavy (non-hydrogen) atoms. The Bertz CT molecular complexity index is 979. The number of carboxylic acids is 1. The van der Waals surface area contributed by atoms with Crippen molar-refractivity contribution < 1.29 is 19.7 Å². The Kier molecular flexibility index (Phi) is 5.69. The SMILES string of the molecule is O=C(O)c1ccccc1N1CCN(CC(O)COc2cccc3[nH]ccc23)CC1. The average Bonchev–Trinajstić information content (AvgIpc) is 3.22. The molecule has 3 N–H and O–H groups in total. The van der Waals surface area contributed by atoms with Gasteiger partial charge < -0.3 is 24.8 Å². The molecule has 2 aromatic carbocycles. The van der Waals surface area contributed by atoms with Gasteiger partial charge in [-0.05, 0) is 30.3 Å². The van der Waals surface area contributed by atoms with Crippen LogP contribution in [0.25, 0.3) is 10.9 Å². The number of aromatic nitrogens is 1. The van der Waals surface area contributed by atoms with E-state index in [9.17, 15) is 15.0 Å². The molecule has 0 aliphatic carbocycles. The quantitative estimate of drug-likeness (QED) is 0.569. The van der Waals surface area contributed by atoms with Gasteiger partial charge in [0, 0.05) is 49.8 Å². The summed E-state index contributed by atoms with van der Waals surface area (Å²) in [6, 6.07) is 14.9. The molecule has 2 heterocycles. The molecule has 1 aromatic heterocycles. The summed E-state index contributed by atoms with van der Waals surface area (Å²) >= 11 is 0. The van der Waals surface area contributed by atoms with Gasteiger partial charge in [0.25, 0.3) is 0 Å². The number of β-amino-alcohol motifs (C(OH)–C–C–N with tert-alkyl or cyclic N) is 1. The number of hydrogen-bond donors (Lipinski definition) is 3. The summed E-state index contributed by atoms with van der Waals surface area (Å²) in [5.41, 5.74) is 2.09. The van der Waals surface area contributed by atoms with E-state index in [4.69, 9.17) is 4.74 Å². The molecule has 0 bridgehead atoms. The molecule has 1 unspecified atom stereocenters. The van der Waals surface area contributed by atoms with Gasteiger partial charge in [0.15, 0.2) is 0 Å². The highest BCUT2D eigenvalue weighted by atomic mass is 16.5. The molecule has 0 radical (unpaired) electrons. The van der Waals surface area contributed by atoms with E-state index in [0.717, 1.165) is 48.5 Å². The van der Waals surface area contributed by atoms with E-state index in [1.54, 1.807) is 12.1 Å². The minimum absolute atomic E-state index is 0.229. The zero-order valence-electron chi connectivity index (χ0n) is 16.1. The molecule has 1 fully saturated rings. The second-order valence-electron chi connectivity index (χ2n) is 7.27. The Morgan fingerprint density at radius 1 is 1.07 bits per heavy atom. The van der Waals surface area contributed by atoms with Crippen LogP contribution in [-0.4, -0.2) is 71.5 Å². The summed E-state index contributed by atoms with van der Waals surface area (Å²) < 4.78 is 5.84. The molecule has 1 atom stereocenters. The van der Waals surface area contributed by atoms with Gasteiger partial charge in [-0.1, -0.05) is 18.2 Å². The smallest absolute Gasteiger partial charge is 0.337 e. The number of aliphatic hydroxyl groups excluding tert-OH is 1. The molecule has 4 rings (SSSR count). The number of fused-ring (bicyclic) bond motifs is 1. The Morgan fingerprint density at radius 3 is 2.66 bits per heavy atom. The number of carbonyl (C=O) groups is 1. The number of aliphatic hydroxyl groups is 1. The molecule has 0 saturated carbocycles. The fourth-order valence-corrected chi connectivity index (χ4v) is 3.82. The fraction of sp³-hybridized carbons (Fsp3) is 0.318. The molecule has 0 amide bonds. The fourth-order valence-electron chi connectivity index (χ4n) is 3.82. The lowest BCUT2D eigenvalue weighted by molar-refractivity contribution is 0.0667. The minimum Gasteiger partial charge on any atom is -0.490 e. The summed E-state index contributed by atoms with van der Waals surface area (Å²) in [6.07, 6.45) is 1.28. The number of aromatic amines is 1. The van der Waals surface area contributed by atoms with Gasteiger partial charge in [-0.25, -0.2) is 4.79 Å². The Labute approximate surface area is 169 Å². The first-order valence-corrected chi connectivity index (χ1v) is 9.78. The Balaban J connectivity index is 1.28. The lowest BCUT2D eigenvalue weighted by Crippen LogP contribution is -2.49. The zero-order chi connectivity index (χ0) is 20.2. The van der Waals surface area contributed by atoms with Crippen molar-refractivity contribution in [3.63, 3.8) is 0 Å². The van der Waals surface area contributed by atoms with Crippen molar-refractivity contribution >= 4 is 22.6 Å². The molecule has 1 aliphatic heterocycles. The van der Waals surface area contributed by atoms with Crippen molar-refractivity contribution in [3.05, 3.63) is 60.3 Å². The van der Waals surface area contributed by atoms with Crippen LogP contribution in [0.3, 0.4) is 0 Å². The number of para-hydroxylation sites is 1. The third-order valence-electron chi connectivity index (χ3n) is 5.30. The van der Waals surface area contributed by atoms with Crippen molar-refractivity contribution in [2.75, 3.05) is 44.2 Å². The van der Waals surface area contributed by atoms with E-state index in [2.05, 4.69) is 14.8 Å². The normalized spacial score (nSPS) is 16.1. The average molecular weight is 395 g/mol. The topological polar surface area (TPSA) is 89.0 Å². The van der Waals surface area contributed by atoms with Gasteiger partial charge in [0.2, 0.25) is 0 Å². The first kappa shape index (κ1) is 19.3. The third kappa shape index (κ3) is 4.36. The van der Waals surface area contributed by atoms with Crippen LogP contribution in [0.1, 0.15) is 10.4 Å². The van der Waals surface area contributed by atoms with Crippen molar-refractivity contribution in [1.29, 1.82) is 0 Å². The van der Waals surface area contributed by atoms with Crippen molar-refractivity contribution in [2.24, 2.45) is 0 Å². The van der Waals surface area contributed by atoms with Gasteiger partial charge in [-0.2, -0.15) is 0 Å². The summed E-state index contributed by atoms with van der Waals surface area (Å²) in [6.45, 7) is 3.72. The number of rotatable bonds is 7. The predicted molar refractivity (Wildman–Crippen MR) is 112 cm³/mol. The number of anilines is 1. The van der Waals surface area contributed by atoms with Crippen LogP contribution in [0, 0.1) is 0 Å². The second kappa shape index (κ2) is 8.55. The van der Waals surface area contributed by atoms with Crippen molar-refractivity contribution in [2.45, 2.75) is 6.10 Å². The molecular weight excluding hydrogens is 370 g/mol. The van der Waals surface area contributed by atoms with Crippen LogP contribution < -0.4 is 9.64 Å². The maximum absolute atomic E-state index is 11.4. The van der Waals surface area contributed by atoms with Gasteiger partial charge >= 0.3 is 5.97 Å². The van der Waals surface area contributed by atoms with Crippen molar-refractivity contribution in [3.8, 4) is 5.75 Å². The van der Waals surface area contributed by atoms with E-state index >= 15 is 0 Å². The number of hydrogen-bond acceptors (Lipinski definition) is 5.